The predicted octanol–water partition coefficient (Wildman–Crippen LogP) is 6.90. The fourth-order valence-corrected chi connectivity index (χ4v) is 4.92. The van der Waals surface area contributed by atoms with Crippen LogP contribution in [0.4, 0.5) is 5.69 Å². The number of hydrogen-bond acceptors (Lipinski definition) is 3. The number of rotatable bonds is 3. The van der Waals surface area contributed by atoms with Crippen molar-refractivity contribution in [3.05, 3.63) is 118 Å². The Hall–Kier alpha value is -3.63. The summed E-state index contributed by atoms with van der Waals surface area (Å²) in [4.78, 5) is 15.2. The van der Waals surface area contributed by atoms with Gasteiger partial charge in [-0.1, -0.05) is 72.3 Å². The minimum absolute atomic E-state index is 0.00593. The Morgan fingerprint density at radius 3 is 2.21 bits per heavy atom. The lowest BCUT2D eigenvalue weighted by atomic mass is 9.73. The molecule has 0 amide bonds. The van der Waals surface area contributed by atoms with Crippen LogP contribution in [0.3, 0.4) is 0 Å². The number of hydrogen-bond donors (Lipinski definition) is 2. The van der Waals surface area contributed by atoms with Gasteiger partial charge in [0, 0.05) is 45.5 Å². The van der Waals surface area contributed by atoms with E-state index in [9.17, 15) is 15.3 Å². The number of carbonyl (C=O) groups excluding carboxylic acids is 1. The second kappa shape index (κ2) is 8.72. The number of halogens is 1. The van der Waals surface area contributed by atoms with Gasteiger partial charge in [0.05, 0.1) is 0 Å². The fourth-order valence-electron chi connectivity index (χ4n) is 4.79. The second-order valence-corrected chi connectivity index (χ2v) is 8.71. The third-order valence-corrected chi connectivity index (χ3v) is 6.53. The molecule has 0 spiro atoms. The van der Waals surface area contributed by atoms with Gasteiger partial charge in [0.2, 0.25) is 0 Å². The Morgan fingerprint density at radius 1 is 0.909 bits per heavy atom. The molecule has 3 aromatic rings. The zero-order valence-corrected chi connectivity index (χ0v) is 18.7. The summed E-state index contributed by atoms with van der Waals surface area (Å²) in [5.74, 6) is -0.303. The number of amidine groups is 1. The van der Waals surface area contributed by atoms with E-state index in [0.717, 1.165) is 23.4 Å². The molecule has 2 aliphatic rings. The van der Waals surface area contributed by atoms with Crippen molar-refractivity contribution in [2.75, 3.05) is 4.90 Å². The summed E-state index contributed by atoms with van der Waals surface area (Å²) in [6.45, 7) is 0. The van der Waals surface area contributed by atoms with E-state index >= 15 is 0 Å². The summed E-state index contributed by atoms with van der Waals surface area (Å²) in [5, 5.41) is 21.4. The Balaban J connectivity index is 1.83. The van der Waals surface area contributed by atoms with Crippen LogP contribution in [-0.2, 0) is 4.79 Å². The third-order valence-electron chi connectivity index (χ3n) is 6.27. The minimum Gasteiger partial charge on any atom is -0.507 e. The smallest absolute Gasteiger partial charge is 0.161 e. The highest BCUT2D eigenvalue weighted by Gasteiger charge is 2.43. The van der Waals surface area contributed by atoms with Crippen molar-refractivity contribution in [2.45, 2.75) is 25.2 Å². The highest BCUT2D eigenvalue weighted by Crippen LogP contribution is 2.47. The molecule has 1 aliphatic carbocycles. The summed E-state index contributed by atoms with van der Waals surface area (Å²) in [5.41, 5.74) is 4.15. The molecule has 0 bridgehead atoms. The molecule has 0 unspecified atom stereocenters. The molecule has 33 heavy (non-hydrogen) atoms. The van der Waals surface area contributed by atoms with E-state index in [1.807, 2.05) is 77.7 Å². The Labute approximate surface area is 198 Å². The number of aliphatic hydroxyl groups is 1. The fraction of sp³-hybridized carbons (Fsp3) is 0.143. The second-order valence-electron chi connectivity index (χ2n) is 8.27. The summed E-state index contributed by atoms with van der Waals surface area (Å²) in [7, 11) is 0. The van der Waals surface area contributed by atoms with Crippen LogP contribution >= 0.6 is 11.6 Å². The topological polar surface area (TPSA) is 64.4 Å². The van der Waals surface area contributed by atoms with Gasteiger partial charge in [0.1, 0.15) is 11.6 Å². The number of para-hydroxylation sites is 1. The first kappa shape index (κ1) is 21.2. The lowest BCUT2D eigenvalue weighted by Gasteiger charge is -2.41. The molecule has 0 fully saturated rings. The number of aliphatic hydroxyl groups excluding tert-OH is 1. The maximum Gasteiger partial charge on any atom is 0.161 e. The van der Waals surface area contributed by atoms with E-state index in [1.54, 1.807) is 12.1 Å². The minimum atomic E-state index is -0.544. The van der Waals surface area contributed by atoms with Gasteiger partial charge in [-0.2, -0.15) is 0 Å². The summed E-state index contributed by atoms with van der Waals surface area (Å²) in [6, 6.07) is 26.1. The maximum atomic E-state index is 13.4. The lowest BCUT2D eigenvalue weighted by Crippen LogP contribution is -2.42. The maximum absolute atomic E-state index is 13.4. The van der Waals surface area contributed by atoms with Crippen molar-refractivity contribution in [2.24, 2.45) is 0 Å². The number of Topliss-reactive ketones (excluding diaryl/α,β-unsaturated/α-hetero) is 1. The molecule has 164 valence electrons. The normalized spacial score (nSPS) is 20.0. The number of anilines is 1. The number of allylic oxidation sites excluding steroid dienone is 2. The Morgan fingerprint density at radius 2 is 1.55 bits per heavy atom. The molecule has 1 atom stereocenters. The number of carbonyl (C=O) groups is 1. The van der Waals surface area contributed by atoms with Crippen molar-refractivity contribution < 1.29 is 9.90 Å². The monoisotopic (exact) mass is 454 g/mol. The molecule has 4 nitrogen and oxygen atoms in total. The average Bonchev–Trinajstić information content (AvgIpc) is 2.85. The zero-order valence-electron chi connectivity index (χ0n) is 18.0. The standard InChI is InChI=1S/C28H23ClN2O2/c29-20-16-14-18(15-17-20)24-25-22(12-7-13-23(25)32)31(21-10-5-2-6-11-21)28(30)26(24)27(33)19-8-3-1-4-9-19/h1-6,8-11,14-17,24,30,33H,7,12-13H2/b27-26+,30-28?/t24-/m1/s1. The molecule has 0 saturated heterocycles. The number of nitrogens with one attached hydrogen (secondary N) is 1. The van der Waals surface area contributed by atoms with Gasteiger partial charge in [-0.15, -0.1) is 0 Å². The van der Waals surface area contributed by atoms with Gasteiger partial charge >= 0.3 is 0 Å². The molecule has 5 heteroatoms. The Kier molecular flexibility index (Phi) is 5.61. The van der Waals surface area contributed by atoms with Gasteiger partial charge in [-0.25, -0.2) is 0 Å². The van der Waals surface area contributed by atoms with Crippen molar-refractivity contribution in [1.29, 1.82) is 5.41 Å². The molecule has 5 rings (SSSR count). The van der Waals surface area contributed by atoms with Crippen molar-refractivity contribution in [3.63, 3.8) is 0 Å². The van der Waals surface area contributed by atoms with Crippen LogP contribution in [-0.4, -0.2) is 16.7 Å². The average molecular weight is 455 g/mol. The zero-order chi connectivity index (χ0) is 22.9. The van der Waals surface area contributed by atoms with Crippen LogP contribution < -0.4 is 4.90 Å². The van der Waals surface area contributed by atoms with Gasteiger partial charge in [0.25, 0.3) is 0 Å². The van der Waals surface area contributed by atoms with Gasteiger partial charge in [-0.05, 0) is 42.7 Å². The summed E-state index contributed by atoms with van der Waals surface area (Å²) < 4.78 is 0. The van der Waals surface area contributed by atoms with E-state index in [2.05, 4.69) is 0 Å². The van der Waals surface area contributed by atoms with Crippen LogP contribution in [0.1, 0.15) is 36.3 Å². The summed E-state index contributed by atoms with van der Waals surface area (Å²) in [6.07, 6.45) is 1.89. The molecule has 1 heterocycles. The molecule has 1 aliphatic heterocycles. The highest BCUT2D eigenvalue weighted by molar-refractivity contribution is 6.30. The van der Waals surface area contributed by atoms with Gasteiger partial charge in [-0.3, -0.25) is 15.1 Å². The van der Waals surface area contributed by atoms with Gasteiger partial charge in [0.15, 0.2) is 5.78 Å². The molecular weight excluding hydrogens is 432 g/mol. The number of nitrogens with zero attached hydrogens (tertiary/aromatic N) is 1. The van der Waals surface area contributed by atoms with Crippen LogP contribution in [0.15, 0.2) is 102 Å². The summed E-state index contributed by atoms with van der Waals surface area (Å²) >= 11 is 6.15. The van der Waals surface area contributed by atoms with Crippen molar-refractivity contribution in [1.82, 2.24) is 0 Å². The van der Waals surface area contributed by atoms with E-state index in [1.165, 1.54) is 0 Å². The molecule has 0 saturated carbocycles. The lowest BCUT2D eigenvalue weighted by molar-refractivity contribution is -0.116. The quantitative estimate of drug-likeness (QED) is 0.423. The van der Waals surface area contributed by atoms with E-state index in [-0.39, 0.29) is 17.4 Å². The van der Waals surface area contributed by atoms with Crippen LogP contribution in [0.2, 0.25) is 5.02 Å². The molecule has 2 N–H and O–H groups in total. The van der Waals surface area contributed by atoms with Crippen molar-refractivity contribution in [3.8, 4) is 0 Å². The molecule has 0 radical (unpaired) electrons. The van der Waals surface area contributed by atoms with Crippen LogP contribution in [0, 0.1) is 5.41 Å². The van der Waals surface area contributed by atoms with Crippen LogP contribution in [0.25, 0.3) is 5.76 Å². The number of ketones is 1. The van der Waals surface area contributed by atoms with E-state index in [4.69, 9.17) is 11.6 Å². The van der Waals surface area contributed by atoms with Gasteiger partial charge < -0.3 is 5.11 Å². The Bertz CT molecular complexity index is 1280. The third kappa shape index (κ3) is 3.77. The predicted molar refractivity (Wildman–Crippen MR) is 133 cm³/mol. The molecule has 3 aromatic carbocycles. The van der Waals surface area contributed by atoms with E-state index in [0.29, 0.717) is 34.6 Å². The SMILES string of the molecule is N=C1/C(=C(/O)c2ccccc2)[C@H](c2ccc(Cl)cc2)C2=C(CCCC2=O)N1c1ccccc1. The highest BCUT2D eigenvalue weighted by atomic mass is 35.5. The first-order valence-corrected chi connectivity index (χ1v) is 11.4. The molecule has 0 aromatic heterocycles. The molecular formula is C28H23ClN2O2. The first-order chi connectivity index (χ1) is 16.1. The number of benzene rings is 3. The van der Waals surface area contributed by atoms with E-state index < -0.39 is 5.92 Å². The first-order valence-electron chi connectivity index (χ1n) is 11.0. The van der Waals surface area contributed by atoms with Crippen LogP contribution in [0.5, 0.6) is 0 Å². The van der Waals surface area contributed by atoms with Crippen molar-refractivity contribution >= 4 is 34.7 Å². The largest absolute Gasteiger partial charge is 0.507 e.